The molecule has 0 bridgehead atoms. The summed E-state index contributed by atoms with van der Waals surface area (Å²) in [5.41, 5.74) is 7.63. The summed E-state index contributed by atoms with van der Waals surface area (Å²) in [6.07, 6.45) is 2.55. The molecule has 12 heavy (non-hydrogen) atoms. The summed E-state index contributed by atoms with van der Waals surface area (Å²) in [5.74, 6) is -0.996. The number of carboxylic acids is 1. The number of rotatable bonds is 4. The molecule has 5 nitrogen and oxygen atoms in total. The molecule has 0 radical (unpaired) electrons. The van der Waals surface area contributed by atoms with Gasteiger partial charge in [0.25, 0.3) is 0 Å². The van der Waals surface area contributed by atoms with Crippen LogP contribution in [0.2, 0.25) is 0 Å². The van der Waals surface area contributed by atoms with Crippen molar-refractivity contribution < 1.29 is 9.90 Å². The fourth-order valence-corrected chi connectivity index (χ4v) is 0.563. The first-order valence-electron chi connectivity index (χ1n) is 3.41. The van der Waals surface area contributed by atoms with Crippen LogP contribution in [0, 0.1) is 5.41 Å². The van der Waals surface area contributed by atoms with Gasteiger partial charge in [-0.2, -0.15) is 0 Å². The van der Waals surface area contributed by atoms with Crippen LogP contribution in [0.5, 0.6) is 0 Å². The van der Waals surface area contributed by atoms with Gasteiger partial charge in [-0.1, -0.05) is 25.0 Å². The average molecular weight is 169 g/mol. The summed E-state index contributed by atoms with van der Waals surface area (Å²) < 4.78 is 0. The van der Waals surface area contributed by atoms with Crippen molar-refractivity contribution >= 4 is 5.97 Å². The number of azide groups is 1. The number of carboxylic acid groups (broad SMARTS) is 1. The van der Waals surface area contributed by atoms with E-state index >= 15 is 0 Å². The normalized spacial score (nSPS) is 11.2. The summed E-state index contributed by atoms with van der Waals surface area (Å²) in [4.78, 5) is 12.7. The van der Waals surface area contributed by atoms with Crippen molar-refractivity contribution in [1.82, 2.24) is 0 Å². The Morgan fingerprint density at radius 1 is 1.75 bits per heavy atom. The maximum atomic E-state index is 10.1. The van der Waals surface area contributed by atoms with Gasteiger partial charge in [-0.25, -0.2) is 4.79 Å². The van der Waals surface area contributed by atoms with Crippen molar-refractivity contribution in [1.29, 1.82) is 0 Å². The number of carbonyl (C=O) groups is 1. The molecule has 0 unspecified atom stereocenters. The van der Waals surface area contributed by atoms with Gasteiger partial charge in [0.1, 0.15) is 0 Å². The molecule has 0 saturated heterocycles. The zero-order valence-electron chi connectivity index (χ0n) is 7.06. The van der Waals surface area contributed by atoms with E-state index in [1.54, 1.807) is 13.8 Å². The molecule has 0 amide bonds. The Morgan fingerprint density at radius 3 is 2.75 bits per heavy atom. The van der Waals surface area contributed by atoms with Crippen molar-refractivity contribution in [3.8, 4) is 0 Å². The van der Waals surface area contributed by atoms with Gasteiger partial charge < -0.3 is 5.11 Å². The van der Waals surface area contributed by atoms with E-state index in [1.165, 1.54) is 6.08 Å². The third-order valence-electron chi connectivity index (χ3n) is 1.22. The van der Waals surface area contributed by atoms with Gasteiger partial charge in [0.05, 0.1) is 0 Å². The summed E-state index contributed by atoms with van der Waals surface area (Å²) in [7, 11) is 0. The molecule has 5 heteroatoms. The smallest absolute Gasteiger partial charge is 0.327 e. The minimum Gasteiger partial charge on any atom is -0.478 e. The third-order valence-corrected chi connectivity index (χ3v) is 1.22. The van der Waals surface area contributed by atoms with Crippen LogP contribution in [0.25, 0.3) is 10.4 Å². The summed E-state index contributed by atoms with van der Waals surface area (Å²) >= 11 is 0. The van der Waals surface area contributed by atoms with Gasteiger partial charge in [0.2, 0.25) is 0 Å². The second kappa shape index (κ2) is 4.41. The third kappa shape index (κ3) is 5.32. The molecular formula is C7H11N3O2. The minimum atomic E-state index is -0.996. The lowest BCUT2D eigenvalue weighted by Crippen LogP contribution is -2.11. The molecule has 0 rings (SSSR count). The van der Waals surface area contributed by atoms with Crippen LogP contribution in [-0.2, 0) is 4.79 Å². The highest BCUT2D eigenvalue weighted by Crippen LogP contribution is 2.16. The Bertz CT molecular complexity index is 239. The van der Waals surface area contributed by atoms with Crippen LogP contribution in [-0.4, -0.2) is 17.6 Å². The van der Waals surface area contributed by atoms with Gasteiger partial charge in [0.15, 0.2) is 0 Å². The fraction of sp³-hybridized carbons (Fsp3) is 0.571. The summed E-state index contributed by atoms with van der Waals surface area (Å²) in [6.45, 7) is 3.84. The van der Waals surface area contributed by atoms with Crippen LogP contribution in [0.15, 0.2) is 17.3 Å². The van der Waals surface area contributed by atoms with Crippen molar-refractivity contribution in [2.24, 2.45) is 10.5 Å². The Morgan fingerprint density at radius 2 is 2.33 bits per heavy atom. The lowest BCUT2D eigenvalue weighted by Gasteiger charge is -2.15. The minimum absolute atomic E-state index is 0.257. The Hall–Kier alpha value is -1.48. The molecule has 0 saturated carbocycles. The predicted octanol–water partition coefficient (Wildman–Crippen LogP) is 1.96. The first-order chi connectivity index (χ1) is 5.48. The monoisotopic (exact) mass is 169 g/mol. The van der Waals surface area contributed by atoms with Crippen LogP contribution < -0.4 is 0 Å². The second-order valence-electron chi connectivity index (χ2n) is 3.05. The predicted molar refractivity (Wildman–Crippen MR) is 44.6 cm³/mol. The van der Waals surface area contributed by atoms with Crippen LogP contribution in [0.1, 0.15) is 13.8 Å². The van der Waals surface area contributed by atoms with E-state index in [9.17, 15) is 4.79 Å². The molecule has 0 atom stereocenters. The molecule has 0 aliphatic carbocycles. The Labute approximate surface area is 70.3 Å². The molecule has 0 aliphatic rings. The Kier molecular flexibility index (Phi) is 3.86. The molecule has 0 aromatic heterocycles. The topological polar surface area (TPSA) is 86.1 Å². The maximum absolute atomic E-state index is 10.1. The maximum Gasteiger partial charge on any atom is 0.327 e. The van der Waals surface area contributed by atoms with Crippen molar-refractivity contribution in [2.75, 3.05) is 6.54 Å². The quantitative estimate of drug-likeness (QED) is 0.302. The summed E-state index contributed by atoms with van der Waals surface area (Å²) in [5, 5.41) is 11.7. The van der Waals surface area contributed by atoms with Crippen LogP contribution in [0.3, 0.4) is 0 Å². The zero-order chi connectivity index (χ0) is 9.61. The number of aliphatic carboxylic acids is 1. The molecule has 0 aliphatic heterocycles. The standard InChI is InChI=1S/C7H11N3O2/c1-7(2,5-9-10-8)4-3-6(11)12/h3-4H,5H2,1-2H3,(H,11,12)/b4-3+. The van der Waals surface area contributed by atoms with E-state index in [0.717, 1.165) is 6.08 Å². The molecule has 66 valence electrons. The first-order valence-corrected chi connectivity index (χ1v) is 3.41. The van der Waals surface area contributed by atoms with Gasteiger partial charge in [0, 0.05) is 17.5 Å². The van der Waals surface area contributed by atoms with E-state index < -0.39 is 11.4 Å². The number of hydrogen-bond donors (Lipinski definition) is 1. The largest absolute Gasteiger partial charge is 0.478 e. The van der Waals surface area contributed by atoms with Crippen LogP contribution in [0.4, 0.5) is 0 Å². The van der Waals surface area contributed by atoms with Gasteiger partial charge >= 0.3 is 5.97 Å². The van der Waals surface area contributed by atoms with E-state index in [-0.39, 0.29) is 6.54 Å². The highest BCUT2D eigenvalue weighted by atomic mass is 16.4. The van der Waals surface area contributed by atoms with Crippen molar-refractivity contribution in [3.63, 3.8) is 0 Å². The molecular weight excluding hydrogens is 158 g/mol. The highest BCUT2D eigenvalue weighted by molar-refractivity contribution is 5.79. The van der Waals surface area contributed by atoms with Gasteiger partial charge in [-0.05, 0) is 10.9 Å². The lowest BCUT2D eigenvalue weighted by molar-refractivity contribution is -0.131. The van der Waals surface area contributed by atoms with E-state index in [0.29, 0.717) is 0 Å². The number of nitrogens with zero attached hydrogens (tertiary/aromatic N) is 3. The summed E-state index contributed by atoms with van der Waals surface area (Å²) in [6, 6.07) is 0. The molecule has 0 heterocycles. The number of hydrogen-bond acceptors (Lipinski definition) is 2. The highest BCUT2D eigenvalue weighted by Gasteiger charge is 2.12. The SMILES string of the molecule is CC(C)(/C=C/C(=O)O)CN=[N+]=[N-]. The zero-order valence-corrected chi connectivity index (χ0v) is 7.06. The van der Waals surface area contributed by atoms with E-state index in [1.807, 2.05) is 0 Å². The van der Waals surface area contributed by atoms with Gasteiger partial charge in [-0.3, -0.25) is 0 Å². The van der Waals surface area contributed by atoms with E-state index in [2.05, 4.69) is 10.0 Å². The molecule has 1 N–H and O–H groups in total. The first kappa shape index (κ1) is 10.5. The van der Waals surface area contributed by atoms with E-state index in [4.69, 9.17) is 10.6 Å². The van der Waals surface area contributed by atoms with Crippen molar-refractivity contribution in [2.45, 2.75) is 13.8 Å². The Balaban J connectivity index is 4.20. The van der Waals surface area contributed by atoms with Gasteiger partial charge in [-0.15, -0.1) is 0 Å². The molecule has 0 fully saturated rings. The van der Waals surface area contributed by atoms with Crippen LogP contribution >= 0.6 is 0 Å². The van der Waals surface area contributed by atoms with Crippen molar-refractivity contribution in [3.05, 3.63) is 22.6 Å². The fourth-order valence-electron chi connectivity index (χ4n) is 0.563. The molecule has 0 aromatic rings. The molecule has 0 aromatic carbocycles. The average Bonchev–Trinajstić information content (AvgIpc) is 1.98. The second-order valence-corrected chi connectivity index (χ2v) is 3.05. The molecule has 0 spiro atoms. The lowest BCUT2D eigenvalue weighted by atomic mass is 9.93.